The molecule has 1 atom stereocenters. The molecule has 0 spiro atoms. The van der Waals surface area contributed by atoms with E-state index in [4.69, 9.17) is 0 Å². The molecule has 1 N–H and O–H groups in total. The monoisotopic (exact) mass is 438 g/mol. The van der Waals surface area contributed by atoms with Gasteiger partial charge in [-0.2, -0.15) is 0 Å². The number of Topliss-reactive ketones (excluding diaryl/α,β-unsaturated/α-hetero) is 1. The average molecular weight is 439 g/mol. The number of aliphatic carboxylic acids is 1. The van der Waals surface area contributed by atoms with Crippen molar-refractivity contribution >= 4 is 11.8 Å². The Bertz CT molecular complexity index is 432. The van der Waals surface area contributed by atoms with Crippen LogP contribution in [0.1, 0.15) is 162 Å². The van der Waals surface area contributed by atoms with Crippen molar-refractivity contribution < 1.29 is 14.7 Å². The van der Waals surface area contributed by atoms with Crippen LogP contribution in [0.15, 0.2) is 0 Å². The quantitative estimate of drug-likeness (QED) is 0.153. The van der Waals surface area contributed by atoms with Crippen molar-refractivity contribution in [3.8, 4) is 0 Å². The van der Waals surface area contributed by atoms with Gasteiger partial charge in [-0.15, -0.1) is 0 Å². The highest BCUT2D eigenvalue weighted by atomic mass is 16.4. The molecule has 0 aromatic carbocycles. The Labute approximate surface area is 194 Å². The first-order valence-electron chi connectivity index (χ1n) is 13.7. The molecule has 0 aliphatic heterocycles. The molecule has 0 aromatic rings. The van der Waals surface area contributed by atoms with Crippen molar-refractivity contribution in [3.05, 3.63) is 0 Å². The molecule has 0 aromatic heterocycles. The van der Waals surface area contributed by atoms with Crippen molar-refractivity contribution in [3.63, 3.8) is 0 Å². The van der Waals surface area contributed by atoms with E-state index in [-0.39, 0.29) is 0 Å². The van der Waals surface area contributed by atoms with Crippen molar-refractivity contribution in [2.45, 2.75) is 162 Å². The fraction of sp³-hybridized carbons (Fsp3) is 0.929. The maximum absolute atomic E-state index is 11.8. The van der Waals surface area contributed by atoms with E-state index in [1.165, 1.54) is 89.9 Å². The molecular formula is C28H54O3. The van der Waals surface area contributed by atoms with Gasteiger partial charge in [0.1, 0.15) is 5.78 Å². The number of carbonyl (C=O) groups excluding carboxylic acids is 1. The van der Waals surface area contributed by atoms with Crippen LogP contribution in [0.4, 0.5) is 0 Å². The van der Waals surface area contributed by atoms with E-state index in [9.17, 15) is 14.7 Å². The van der Waals surface area contributed by atoms with Gasteiger partial charge in [0.05, 0.1) is 5.41 Å². The number of rotatable bonds is 24. The number of carboxylic acid groups (broad SMARTS) is 1. The Morgan fingerprint density at radius 1 is 0.581 bits per heavy atom. The summed E-state index contributed by atoms with van der Waals surface area (Å²) in [4.78, 5) is 22.7. The zero-order valence-electron chi connectivity index (χ0n) is 21.3. The second-order valence-corrected chi connectivity index (χ2v) is 9.90. The molecule has 1 unspecified atom stereocenters. The summed E-state index contributed by atoms with van der Waals surface area (Å²) in [6.07, 6.45) is 26.1. The second kappa shape index (κ2) is 21.0. The summed E-state index contributed by atoms with van der Waals surface area (Å²) in [6.45, 7) is 5.88. The van der Waals surface area contributed by atoms with Crippen molar-refractivity contribution in [1.29, 1.82) is 0 Å². The van der Waals surface area contributed by atoms with Gasteiger partial charge in [0, 0.05) is 6.42 Å². The van der Waals surface area contributed by atoms with Gasteiger partial charge in [0.25, 0.3) is 0 Å². The highest BCUT2D eigenvalue weighted by Gasteiger charge is 2.35. The van der Waals surface area contributed by atoms with Crippen LogP contribution in [-0.2, 0) is 9.59 Å². The standard InChI is InChI=1S/C28H54O3/c1-4-6-24-28(5-2,27(30)31)25-22-20-18-16-14-12-10-8-7-9-11-13-15-17-19-21-23-26(3)29/h4-25H2,1-3H3,(H,30,31). The lowest BCUT2D eigenvalue weighted by molar-refractivity contribution is -0.150. The van der Waals surface area contributed by atoms with E-state index in [2.05, 4.69) is 6.92 Å². The van der Waals surface area contributed by atoms with Crippen LogP contribution in [0.5, 0.6) is 0 Å². The lowest BCUT2D eigenvalue weighted by Gasteiger charge is -2.28. The Morgan fingerprint density at radius 3 is 1.26 bits per heavy atom. The van der Waals surface area contributed by atoms with Crippen LogP contribution >= 0.6 is 0 Å². The summed E-state index contributed by atoms with van der Waals surface area (Å²) >= 11 is 0. The molecule has 184 valence electrons. The minimum absolute atomic E-state index is 0.330. The van der Waals surface area contributed by atoms with E-state index in [0.717, 1.165) is 51.4 Å². The largest absolute Gasteiger partial charge is 0.481 e. The van der Waals surface area contributed by atoms with Gasteiger partial charge in [-0.3, -0.25) is 4.79 Å². The van der Waals surface area contributed by atoms with Gasteiger partial charge in [0.2, 0.25) is 0 Å². The zero-order chi connectivity index (χ0) is 23.2. The van der Waals surface area contributed by atoms with E-state index in [1.54, 1.807) is 6.92 Å². The second-order valence-electron chi connectivity index (χ2n) is 9.90. The Balaban J connectivity index is 3.43. The number of unbranched alkanes of at least 4 members (excludes halogenated alkanes) is 16. The number of ketones is 1. The van der Waals surface area contributed by atoms with E-state index in [0.29, 0.717) is 5.78 Å². The number of carbonyl (C=O) groups is 2. The SMILES string of the molecule is CCCCC(CC)(CCCCCCCCCCCCCCCCCCC(C)=O)C(=O)O. The van der Waals surface area contributed by atoms with Gasteiger partial charge in [-0.25, -0.2) is 0 Å². The first-order valence-corrected chi connectivity index (χ1v) is 13.7. The molecule has 0 saturated carbocycles. The van der Waals surface area contributed by atoms with Crippen LogP contribution < -0.4 is 0 Å². The molecule has 0 amide bonds. The maximum atomic E-state index is 11.8. The van der Waals surface area contributed by atoms with Crippen molar-refractivity contribution in [1.82, 2.24) is 0 Å². The predicted molar refractivity (Wildman–Crippen MR) is 134 cm³/mol. The van der Waals surface area contributed by atoms with Crippen LogP contribution in [0.3, 0.4) is 0 Å². The Morgan fingerprint density at radius 2 is 0.935 bits per heavy atom. The van der Waals surface area contributed by atoms with Crippen LogP contribution in [0.2, 0.25) is 0 Å². The smallest absolute Gasteiger partial charge is 0.309 e. The van der Waals surface area contributed by atoms with Crippen LogP contribution in [0.25, 0.3) is 0 Å². The summed E-state index contributed by atoms with van der Waals surface area (Å²) in [5, 5.41) is 9.69. The summed E-state index contributed by atoms with van der Waals surface area (Å²) < 4.78 is 0. The number of carboxylic acids is 1. The maximum Gasteiger partial charge on any atom is 0.309 e. The first kappa shape index (κ1) is 30.1. The summed E-state index contributed by atoms with van der Waals surface area (Å²) in [6, 6.07) is 0. The molecule has 0 aliphatic carbocycles. The number of hydrogen-bond donors (Lipinski definition) is 1. The topological polar surface area (TPSA) is 54.4 Å². The van der Waals surface area contributed by atoms with E-state index < -0.39 is 11.4 Å². The minimum atomic E-state index is -0.576. The van der Waals surface area contributed by atoms with Gasteiger partial charge in [0.15, 0.2) is 0 Å². The van der Waals surface area contributed by atoms with Crippen LogP contribution in [0, 0.1) is 5.41 Å². The fourth-order valence-corrected chi connectivity index (χ4v) is 4.67. The molecule has 0 rings (SSSR count). The highest BCUT2D eigenvalue weighted by molar-refractivity contribution is 5.75. The number of hydrogen-bond acceptors (Lipinski definition) is 2. The summed E-state index contributed by atoms with van der Waals surface area (Å²) in [5.41, 5.74) is -0.467. The molecular weight excluding hydrogens is 384 g/mol. The first-order chi connectivity index (χ1) is 15.0. The van der Waals surface area contributed by atoms with Gasteiger partial charge in [-0.1, -0.05) is 123 Å². The van der Waals surface area contributed by atoms with Gasteiger partial charge in [-0.05, 0) is 32.6 Å². The Kier molecular flexibility index (Phi) is 20.4. The fourth-order valence-electron chi connectivity index (χ4n) is 4.67. The molecule has 0 fully saturated rings. The molecule has 31 heavy (non-hydrogen) atoms. The lowest BCUT2D eigenvalue weighted by Crippen LogP contribution is -2.30. The molecule has 0 heterocycles. The van der Waals surface area contributed by atoms with E-state index in [1.807, 2.05) is 6.92 Å². The summed E-state index contributed by atoms with van der Waals surface area (Å²) in [5.74, 6) is -0.246. The third-order valence-electron chi connectivity index (χ3n) is 7.07. The molecule has 0 aliphatic rings. The zero-order valence-corrected chi connectivity index (χ0v) is 21.3. The van der Waals surface area contributed by atoms with Gasteiger partial charge < -0.3 is 9.90 Å². The molecule has 3 heteroatoms. The minimum Gasteiger partial charge on any atom is -0.481 e. The normalized spacial score (nSPS) is 13.3. The summed E-state index contributed by atoms with van der Waals surface area (Å²) in [7, 11) is 0. The molecule has 0 saturated heterocycles. The Hall–Kier alpha value is -0.860. The molecule has 0 bridgehead atoms. The third kappa shape index (κ3) is 17.4. The van der Waals surface area contributed by atoms with E-state index >= 15 is 0 Å². The van der Waals surface area contributed by atoms with Crippen molar-refractivity contribution in [2.24, 2.45) is 5.41 Å². The van der Waals surface area contributed by atoms with Crippen LogP contribution in [-0.4, -0.2) is 16.9 Å². The highest BCUT2D eigenvalue weighted by Crippen LogP contribution is 2.35. The third-order valence-corrected chi connectivity index (χ3v) is 7.07. The lowest BCUT2D eigenvalue weighted by atomic mass is 9.76. The molecule has 3 nitrogen and oxygen atoms in total. The average Bonchev–Trinajstić information content (AvgIpc) is 2.74. The molecule has 0 radical (unpaired) electrons. The predicted octanol–water partition coefficient (Wildman–Crippen LogP) is 9.27. The van der Waals surface area contributed by atoms with Crippen molar-refractivity contribution in [2.75, 3.05) is 0 Å². The van der Waals surface area contributed by atoms with Gasteiger partial charge >= 0.3 is 5.97 Å².